The highest BCUT2D eigenvalue weighted by Crippen LogP contribution is 2.72. The SMILES string of the molecule is CC1=C[C@H]2O[C@@H]3C[C@H]4OC(=O)/C=C\C=C/[C@H]([C@H](C)O)OC[C@H](O)[C@@]5(C)O[C@@H]5C(=O)OC[C@@]2(C[C@H]1O)[C@]4(C)[C@@]31CO1. The summed E-state index contributed by atoms with van der Waals surface area (Å²) >= 11 is 0. The van der Waals surface area contributed by atoms with Crippen molar-refractivity contribution in [3.8, 4) is 0 Å². The zero-order valence-corrected chi connectivity index (χ0v) is 23.1. The molecule has 0 aromatic heterocycles. The zero-order chi connectivity index (χ0) is 28.7. The average molecular weight is 563 g/mol. The van der Waals surface area contributed by atoms with Gasteiger partial charge in [0.1, 0.15) is 36.1 Å². The number of rotatable bonds is 1. The van der Waals surface area contributed by atoms with Gasteiger partial charge in [-0.3, -0.25) is 0 Å². The van der Waals surface area contributed by atoms with Gasteiger partial charge >= 0.3 is 11.9 Å². The van der Waals surface area contributed by atoms with Crippen LogP contribution in [0.4, 0.5) is 0 Å². The monoisotopic (exact) mass is 562 g/mol. The Kier molecular flexibility index (Phi) is 6.62. The topological polar surface area (TPSA) is 157 Å². The standard InChI is InChI=1S/C29H38O11/c1-15-9-21-28(11-17(15)31)13-36-25(34)24-26(3,40-24)19(32)12-35-18(16(2)30)7-5-6-8-23(33)39-20-10-22(38-21)29(14-37-29)27(20,28)4/h5-9,16-22,24,30-32H,10-14H2,1-4H3/b7-5-,8-6-/t16-,17+,18+,19-,20+,21+,22+,24+,26+,27+,28+,29+/m0/s1. The molecule has 0 aromatic rings. The molecule has 2 spiro atoms. The third-order valence-electron chi connectivity index (χ3n) is 10.3. The van der Waals surface area contributed by atoms with Crippen molar-refractivity contribution in [2.75, 3.05) is 19.8 Å². The second-order valence-corrected chi connectivity index (χ2v) is 12.5. The number of fused-ring (bicyclic) bond motifs is 1. The molecule has 3 saturated heterocycles. The summed E-state index contributed by atoms with van der Waals surface area (Å²) in [6, 6.07) is 0. The van der Waals surface area contributed by atoms with Gasteiger partial charge in [0.15, 0.2) is 6.10 Å². The number of epoxide rings is 2. The highest BCUT2D eigenvalue weighted by atomic mass is 16.7. The van der Waals surface area contributed by atoms with E-state index in [4.69, 9.17) is 28.4 Å². The largest absolute Gasteiger partial charge is 0.463 e. The number of cyclic esters (lactones) is 1. The summed E-state index contributed by atoms with van der Waals surface area (Å²) in [5.41, 5.74) is -3.03. The number of carbonyl (C=O) groups excluding carboxylic acids is 2. The molecular weight excluding hydrogens is 524 g/mol. The molecule has 1 saturated carbocycles. The van der Waals surface area contributed by atoms with Gasteiger partial charge in [0.2, 0.25) is 0 Å². The van der Waals surface area contributed by atoms with E-state index < -0.39 is 76.7 Å². The maximum absolute atomic E-state index is 13.3. The van der Waals surface area contributed by atoms with Crippen LogP contribution < -0.4 is 0 Å². The fourth-order valence-corrected chi connectivity index (χ4v) is 7.38. The lowest BCUT2D eigenvalue weighted by Gasteiger charge is -2.58. The summed E-state index contributed by atoms with van der Waals surface area (Å²) in [4.78, 5) is 26.3. The van der Waals surface area contributed by atoms with Crippen LogP contribution in [0.2, 0.25) is 0 Å². The highest BCUT2D eigenvalue weighted by Gasteiger charge is 2.83. The van der Waals surface area contributed by atoms with Gasteiger partial charge in [0.25, 0.3) is 0 Å². The molecule has 11 heteroatoms. The average Bonchev–Trinajstić information content (AvgIpc) is 3.81. The molecule has 4 fully saturated rings. The molecule has 3 N–H and O–H groups in total. The molecule has 6 rings (SSSR count). The first kappa shape index (κ1) is 28.0. The Hall–Kier alpha value is -2.12. The van der Waals surface area contributed by atoms with E-state index in [1.807, 2.05) is 19.9 Å². The molecule has 11 nitrogen and oxygen atoms in total. The van der Waals surface area contributed by atoms with Crippen LogP contribution in [0.25, 0.3) is 0 Å². The lowest BCUT2D eigenvalue weighted by molar-refractivity contribution is -0.239. The van der Waals surface area contributed by atoms with E-state index in [-0.39, 0.29) is 25.7 Å². The molecule has 0 amide bonds. The maximum Gasteiger partial charge on any atom is 0.338 e. The number of aliphatic hydroxyl groups excluding tert-OH is 3. The Morgan fingerprint density at radius 2 is 1.85 bits per heavy atom. The Labute approximate surface area is 232 Å². The molecule has 12 atom stereocenters. The molecule has 2 bridgehead atoms. The summed E-state index contributed by atoms with van der Waals surface area (Å²) in [6.45, 7) is 7.03. The van der Waals surface area contributed by atoms with Crippen molar-refractivity contribution < 1.29 is 53.3 Å². The zero-order valence-electron chi connectivity index (χ0n) is 23.1. The number of hydrogen-bond acceptors (Lipinski definition) is 11. The van der Waals surface area contributed by atoms with Gasteiger partial charge < -0.3 is 43.7 Å². The van der Waals surface area contributed by atoms with Crippen molar-refractivity contribution in [3.05, 3.63) is 36.0 Å². The van der Waals surface area contributed by atoms with E-state index in [1.165, 1.54) is 12.2 Å². The van der Waals surface area contributed by atoms with Crippen LogP contribution in [0.5, 0.6) is 0 Å². The van der Waals surface area contributed by atoms with Crippen molar-refractivity contribution in [2.45, 2.75) is 101 Å². The summed E-state index contributed by atoms with van der Waals surface area (Å²) in [6.07, 6.45) is 2.24. The van der Waals surface area contributed by atoms with Crippen molar-refractivity contribution in [3.63, 3.8) is 0 Å². The lowest BCUT2D eigenvalue weighted by atomic mass is 9.51. The summed E-state index contributed by atoms with van der Waals surface area (Å²) in [5, 5.41) is 31.9. The second kappa shape index (κ2) is 9.45. The number of allylic oxidation sites excluding steroid dienone is 2. The van der Waals surface area contributed by atoms with Gasteiger partial charge in [0, 0.05) is 17.9 Å². The van der Waals surface area contributed by atoms with E-state index in [0.717, 1.165) is 5.57 Å². The van der Waals surface area contributed by atoms with Crippen LogP contribution in [0.15, 0.2) is 36.0 Å². The minimum Gasteiger partial charge on any atom is -0.463 e. The summed E-state index contributed by atoms with van der Waals surface area (Å²) in [7, 11) is 0. The minimum atomic E-state index is -1.22. The highest BCUT2D eigenvalue weighted by molar-refractivity contribution is 5.82. The van der Waals surface area contributed by atoms with Crippen molar-refractivity contribution in [1.82, 2.24) is 0 Å². The molecule has 0 unspecified atom stereocenters. The maximum atomic E-state index is 13.3. The Balaban J connectivity index is 1.38. The van der Waals surface area contributed by atoms with Crippen LogP contribution in [0.3, 0.4) is 0 Å². The molecule has 40 heavy (non-hydrogen) atoms. The Bertz CT molecular complexity index is 1160. The Morgan fingerprint density at radius 3 is 2.55 bits per heavy atom. The summed E-state index contributed by atoms with van der Waals surface area (Å²) in [5.74, 6) is -1.23. The van der Waals surface area contributed by atoms with Gasteiger partial charge in [-0.15, -0.1) is 0 Å². The van der Waals surface area contributed by atoms with Crippen molar-refractivity contribution >= 4 is 11.9 Å². The molecule has 0 aromatic carbocycles. The van der Waals surface area contributed by atoms with Gasteiger partial charge in [-0.05, 0) is 32.8 Å². The van der Waals surface area contributed by atoms with Crippen LogP contribution >= 0.6 is 0 Å². The number of hydrogen-bond donors (Lipinski definition) is 3. The van der Waals surface area contributed by atoms with Crippen molar-refractivity contribution in [1.29, 1.82) is 0 Å². The predicted molar refractivity (Wildman–Crippen MR) is 137 cm³/mol. The molecule has 0 radical (unpaired) electrons. The van der Waals surface area contributed by atoms with Crippen molar-refractivity contribution in [2.24, 2.45) is 10.8 Å². The smallest absolute Gasteiger partial charge is 0.338 e. The van der Waals surface area contributed by atoms with Crippen LogP contribution in [-0.4, -0.2) is 107 Å². The molecule has 2 aliphatic carbocycles. The van der Waals surface area contributed by atoms with Crippen LogP contribution in [-0.2, 0) is 38.0 Å². The van der Waals surface area contributed by atoms with E-state index >= 15 is 0 Å². The second-order valence-electron chi connectivity index (χ2n) is 12.5. The van der Waals surface area contributed by atoms with E-state index in [9.17, 15) is 24.9 Å². The third kappa shape index (κ3) is 3.97. The number of esters is 2. The van der Waals surface area contributed by atoms with Gasteiger partial charge in [-0.1, -0.05) is 31.2 Å². The molecule has 4 heterocycles. The van der Waals surface area contributed by atoms with E-state index in [2.05, 4.69) is 0 Å². The van der Waals surface area contributed by atoms with Crippen LogP contribution in [0, 0.1) is 10.8 Å². The van der Waals surface area contributed by atoms with Gasteiger partial charge in [0.05, 0.1) is 43.0 Å². The Morgan fingerprint density at radius 1 is 1.10 bits per heavy atom. The first-order valence-corrected chi connectivity index (χ1v) is 13.9. The number of ether oxygens (including phenoxy) is 6. The number of carbonyl (C=O) groups is 2. The fourth-order valence-electron chi connectivity index (χ4n) is 7.38. The van der Waals surface area contributed by atoms with Crippen LogP contribution in [0.1, 0.15) is 40.5 Å². The molecule has 220 valence electrons. The first-order chi connectivity index (χ1) is 18.9. The predicted octanol–water partition coefficient (Wildman–Crippen LogP) is 0.496. The quantitative estimate of drug-likeness (QED) is 0.232. The van der Waals surface area contributed by atoms with E-state index in [1.54, 1.807) is 26.0 Å². The molecular formula is C29H38O11. The fraction of sp³-hybridized carbons (Fsp3) is 0.724. The summed E-state index contributed by atoms with van der Waals surface area (Å²) < 4.78 is 35.9. The third-order valence-corrected chi connectivity index (χ3v) is 10.3. The van der Waals surface area contributed by atoms with Gasteiger partial charge in [-0.2, -0.15) is 0 Å². The normalized spacial score (nSPS) is 52.6. The van der Waals surface area contributed by atoms with Gasteiger partial charge in [-0.25, -0.2) is 9.59 Å². The molecule has 4 aliphatic heterocycles. The minimum absolute atomic E-state index is 0.134. The first-order valence-electron chi connectivity index (χ1n) is 13.9. The van der Waals surface area contributed by atoms with E-state index in [0.29, 0.717) is 13.0 Å². The lowest BCUT2D eigenvalue weighted by Crippen LogP contribution is -2.68. The number of aliphatic hydroxyl groups is 3. The molecule has 6 aliphatic rings.